The van der Waals surface area contributed by atoms with E-state index in [1.807, 2.05) is 6.92 Å². The third kappa shape index (κ3) is 3.95. The first-order valence-corrected chi connectivity index (χ1v) is 13.0. The zero-order valence-corrected chi connectivity index (χ0v) is 18.7. The number of benzene rings is 1. The minimum absolute atomic E-state index is 0.0378. The van der Waals surface area contributed by atoms with E-state index in [0.717, 1.165) is 11.8 Å². The second-order valence-corrected chi connectivity index (χ2v) is 11.3. The molecule has 1 amide bonds. The van der Waals surface area contributed by atoms with Crippen LogP contribution in [0, 0.1) is 6.92 Å². The summed E-state index contributed by atoms with van der Waals surface area (Å²) in [5.74, 6) is -0.425. The molecule has 11 heteroatoms. The molecule has 1 fully saturated rings. The summed E-state index contributed by atoms with van der Waals surface area (Å²) in [4.78, 5) is 18.9. The maximum absolute atomic E-state index is 13.1. The molecule has 0 atom stereocenters. The highest BCUT2D eigenvalue weighted by atomic mass is 32.2. The molecule has 4 rings (SSSR count). The van der Waals surface area contributed by atoms with Crippen molar-refractivity contribution in [2.24, 2.45) is 0 Å². The fourth-order valence-corrected chi connectivity index (χ4v) is 5.77. The van der Waals surface area contributed by atoms with Crippen LogP contribution >= 0.6 is 0 Å². The van der Waals surface area contributed by atoms with Crippen molar-refractivity contribution in [2.45, 2.75) is 17.0 Å². The number of aryl methyl sites for hydroxylation is 1. The van der Waals surface area contributed by atoms with Gasteiger partial charge in [-0.05, 0) is 31.2 Å². The van der Waals surface area contributed by atoms with E-state index in [2.05, 4.69) is 4.98 Å². The minimum Gasteiger partial charge on any atom is -0.335 e. The molecule has 0 spiro atoms. The van der Waals surface area contributed by atoms with E-state index in [1.54, 1.807) is 48.7 Å². The molecule has 0 bridgehead atoms. The van der Waals surface area contributed by atoms with Gasteiger partial charge in [0.1, 0.15) is 0 Å². The van der Waals surface area contributed by atoms with E-state index < -0.39 is 25.8 Å². The number of hydrogen-bond acceptors (Lipinski definition) is 6. The standard InChI is InChI=1S/C20H22N4O5S2/c1-15-6-8-16(9-7-15)31(28,29)23-13-11-22(12-14-23)19(25)18-17-5-3-4-10-24(17)20(21-18)30(2,26)27/h3-10H,11-14H2,1-2H3. The molecule has 0 N–H and O–H groups in total. The lowest BCUT2D eigenvalue weighted by molar-refractivity contribution is 0.0694. The summed E-state index contributed by atoms with van der Waals surface area (Å²) in [5, 5.41) is -0.202. The van der Waals surface area contributed by atoms with Gasteiger partial charge in [-0.25, -0.2) is 21.8 Å². The van der Waals surface area contributed by atoms with Crippen molar-refractivity contribution in [3.8, 4) is 0 Å². The van der Waals surface area contributed by atoms with Gasteiger partial charge in [0.15, 0.2) is 5.69 Å². The van der Waals surface area contributed by atoms with Crippen LogP contribution in [0.3, 0.4) is 0 Å². The molecule has 1 aromatic carbocycles. The molecule has 3 heterocycles. The molecular formula is C20H22N4O5S2. The van der Waals surface area contributed by atoms with Crippen LogP contribution in [-0.2, 0) is 19.9 Å². The van der Waals surface area contributed by atoms with Crippen LogP contribution in [0.15, 0.2) is 58.7 Å². The molecule has 164 valence electrons. The van der Waals surface area contributed by atoms with E-state index in [1.165, 1.54) is 13.6 Å². The highest BCUT2D eigenvalue weighted by molar-refractivity contribution is 7.90. The Morgan fingerprint density at radius 3 is 2.19 bits per heavy atom. The lowest BCUT2D eigenvalue weighted by Gasteiger charge is -2.33. The first-order valence-electron chi connectivity index (χ1n) is 9.62. The monoisotopic (exact) mass is 462 g/mol. The van der Waals surface area contributed by atoms with Crippen LogP contribution in [0.1, 0.15) is 16.1 Å². The maximum Gasteiger partial charge on any atom is 0.274 e. The molecule has 31 heavy (non-hydrogen) atoms. The minimum atomic E-state index is -3.65. The number of imidazole rings is 1. The van der Waals surface area contributed by atoms with E-state index in [-0.39, 0.29) is 41.9 Å². The number of amides is 1. The number of pyridine rings is 1. The quantitative estimate of drug-likeness (QED) is 0.576. The Balaban J connectivity index is 1.56. The number of hydrogen-bond donors (Lipinski definition) is 0. The molecule has 1 aliphatic rings. The third-order valence-corrected chi connectivity index (χ3v) is 8.10. The van der Waals surface area contributed by atoms with Crippen LogP contribution in [0.2, 0.25) is 0 Å². The van der Waals surface area contributed by atoms with Crippen molar-refractivity contribution in [1.29, 1.82) is 0 Å². The van der Waals surface area contributed by atoms with Gasteiger partial charge < -0.3 is 4.90 Å². The zero-order valence-electron chi connectivity index (χ0n) is 17.1. The summed E-state index contributed by atoms with van der Waals surface area (Å²) in [6.45, 7) is 2.54. The Morgan fingerprint density at radius 2 is 1.58 bits per heavy atom. The molecule has 1 saturated heterocycles. The molecule has 9 nitrogen and oxygen atoms in total. The van der Waals surface area contributed by atoms with E-state index in [4.69, 9.17) is 0 Å². The van der Waals surface area contributed by atoms with Crippen LogP contribution < -0.4 is 0 Å². The Labute approximate surface area is 180 Å². The van der Waals surface area contributed by atoms with Crippen LogP contribution in [-0.4, -0.2) is 73.8 Å². The van der Waals surface area contributed by atoms with Gasteiger partial charge in [0.2, 0.25) is 25.0 Å². The predicted octanol–water partition coefficient (Wildman–Crippen LogP) is 1.19. The number of rotatable bonds is 4. The molecule has 2 aromatic heterocycles. The first-order chi connectivity index (χ1) is 14.6. The van der Waals surface area contributed by atoms with Gasteiger partial charge in [-0.2, -0.15) is 4.31 Å². The summed E-state index contributed by atoms with van der Waals surface area (Å²) >= 11 is 0. The van der Waals surface area contributed by atoms with Crippen molar-refractivity contribution in [1.82, 2.24) is 18.6 Å². The SMILES string of the molecule is Cc1ccc(S(=O)(=O)N2CCN(C(=O)c3nc(S(C)(=O)=O)n4ccccc34)CC2)cc1. The number of carbonyl (C=O) groups is 1. The van der Waals surface area contributed by atoms with Gasteiger partial charge in [-0.3, -0.25) is 9.20 Å². The van der Waals surface area contributed by atoms with Crippen molar-refractivity contribution < 1.29 is 21.6 Å². The Morgan fingerprint density at radius 1 is 0.935 bits per heavy atom. The second kappa shape index (κ2) is 7.74. The highest BCUT2D eigenvalue weighted by Gasteiger charge is 2.32. The van der Waals surface area contributed by atoms with Gasteiger partial charge in [0, 0.05) is 38.6 Å². The number of carbonyl (C=O) groups excluding carboxylic acids is 1. The van der Waals surface area contributed by atoms with Crippen LogP contribution in [0.5, 0.6) is 0 Å². The smallest absolute Gasteiger partial charge is 0.274 e. The number of sulfone groups is 1. The summed E-state index contributed by atoms with van der Waals surface area (Å²) < 4.78 is 52.7. The van der Waals surface area contributed by atoms with Gasteiger partial charge in [0.05, 0.1) is 10.4 Å². The van der Waals surface area contributed by atoms with Crippen LogP contribution in [0.25, 0.3) is 5.52 Å². The Hall–Kier alpha value is -2.76. The predicted molar refractivity (Wildman–Crippen MR) is 114 cm³/mol. The number of fused-ring (bicyclic) bond motifs is 1. The molecule has 0 aliphatic carbocycles. The van der Waals surface area contributed by atoms with Gasteiger partial charge in [0.25, 0.3) is 5.91 Å². The average molecular weight is 463 g/mol. The van der Waals surface area contributed by atoms with Crippen molar-refractivity contribution >= 4 is 31.3 Å². The number of nitrogens with zero attached hydrogens (tertiary/aromatic N) is 4. The molecule has 1 aliphatic heterocycles. The van der Waals surface area contributed by atoms with Gasteiger partial charge >= 0.3 is 0 Å². The van der Waals surface area contributed by atoms with Crippen molar-refractivity contribution in [2.75, 3.05) is 32.4 Å². The van der Waals surface area contributed by atoms with Gasteiger partial charge in [-0.1, -0.05) is 23.8 Å². The van der Waals surface area contributed by atoms with Crippen molar-refractivity contribution in [3.63, 3.8) is 0 Å². The fraction of sp³-hybridized carbons (Fsp3) is 0.300. The van der Waals surface area contributed by atoms with Crippen molar-refractivity contribution in [3.05, 3.63) is 59.9 Å². The Bertz CT molecular complexity index is 1350. The largest absolute Gasteiger partial charge is 0.335 e. The molecule has 0 radical (unpaired) electrons. The number of aromatic nitrogens is 2. The molecule has 0 saturated carbocycles. The van der Waals surface area contributed by atoms with E-state index >= 15 is 0 Å². The lowest BCUT2D eigenvalue weighted by Crippen LogP contribution is -2.50. The zero-order chi connectivity index (χ0) is 22.4. The Kier molecular flexibility index (Phi) is 5.36. The molecule has 3 aromatic rings. The number of piperazine rings is 1. The van der Waals surface area contributed by atoms with E-state index in [0.29, 0.717) is 5.52 Å². The summed E-state index contributed by atoms with van der Waals surface area (Å²) in [6.07, 6.45) is 2.58. The average Bonchev–Trinajstić information content (AvgIpc) is 3.14. The number of sulfonamides is 1. The summed E-state index contributed by atoms with van der Waals surface area (Å²) in [5.41, 5.74) is 1.40. The first kappa shape index (κ1) is 21.5. The second-order valence-electron chi connectivity index (χ2n) is 7.48. The normalized spacial score (nSPS) is 16.0. The third-order valence-electron chi connectivity index (χ3n) is 5.23. The van der Waals surface area contributed by atoms with E-state index in [9.17, 15) is 21.6 Å². The maximum atomic E-state index is 13.1. The van der Waals surface area contributed by atoms with Crippen LogP contribution in [0.4, 0.5) is 0 Å². The molecular weight excluding hydrogens is 440 g/mol. The highest BCUT2D eigenvalue weighted by Crippen LogP contribution is 2.22. The topological polar surface area (TPSA) is 109 Å². The fourth-order valence-electron chi connectivity index (χ4n) is 3.57. The lowest BCUT2D eigenvalue weighted by atomic mass is 10.2. The summed E-state index contributed by atoms with van der Waals surface area (Å²) in [7, 11) is -7.29. The molecule has 0 unspecified atom stereocenters. The summed E-state index contributed by atoms with van der Waals surface area (Å²) in [6, 6.07) is 11.6. The van der Waals surface area contributed by atoms with Gasteiger partial charge in [-0.15, -0.1) is 0 Å².